The Hall–Kier alpha value is -1.80. The number of hydrogen-bond donors (Lipinski definition) is 2. The molecule has 0 bridgehead atoms. The number of aromatic nitrogens is 2. The van der Waals surface area contributed by atoms with E-state index in [0.29, 0.717) is 5.13 Å². The lowest BCUT2D eigenvalue weighted by atomic mass is 10.1. The summed E-state index contributed by atoms with van der Waals surface area (Å²) in [4.78, 5) is 30.5. The summed E-state index contributed by atoms with van der Waals surface area (Å²) in [6.07, 6.45) is 4.04. The zero-order valence-electron chi connectivity index (χ0n) is 8.75. The number of carbonyl (C=O) groups excluding carboxylic acids is 1. The van der Waals surface area contributed by atoms with Gasteiger partial charge in [0, 0.05) is 12.4 Å². The molecule has 0 atom stereocenters. The van der Waals surface area contributed by atoms with Crippen molar-refractivity contribution in [1.29, 1.82) is 0 Å². The predicted octanol–water partition coefficient (Wildman–Crippen LogP) is 2.25. The van der Waals surface area contributed by atoms with E-state index in [2.05, 4.69) is 31.2 Å². The van der Waals surface area contributed by atoms with Crippen LogP contribution in [0.5, 0.6) is 0 Å². The van der Waals surface area contributed by atoms with E-state index in [1.807, 2.05) is 0 Å². The molecule has 6 nitrogen and oxygen atoms in total. The number of nitrogens with one attached hydrogen (secondary N) is 1. The Morgan fingerprint density at radius 3 is 2.72 bits per heavy atom. The number of aromatic carboxylic acids is 1. The Morgan fingerprint density at radius 2 is 2.11 bits per heavy atom. The first-order valence-electron chi connectivity index (χ1n) is 4.68. The quantitative estimate of drug-likeness (QED) is 0.901. The van der Waals surface area contributed by atoms with Crippen LogP contribution in [0.15, 0.2) is 28.4 Å². The molecule has 2 N–H and O–H groups in total. The van der Waals surface area contributed by atoms with Crippen LogP contribution < -0.4 is 5.32 Å². The van der Waals surface area contributed by atoms with Gasteiger partial charge in [0.1, 0.15) is 0 Å². The van der Waals surface area contributed by atoms with E-state index < -0.39 is 11.9 Å². The van der Waals surface area contributed by atoms with Crippen LogP contribution in [0.1, 0.15) is 20.7 Å². The number of carbonyl (C=O) groups is 2. The highest BCUT2D eigenvalue weighted by molar-refractivity contribution is 9.11. The minimum Gasteiger partial charge on any atom is -0.478 e. The number of rotatable bonds is 3. The van der Waals surface area contributed by atoms with Crippen molar-refractivity contribution in [3.05, 3.63) is 39.6 Å². The van der Waals surface area contributed by atoms with E-state index in [1.54, 1.807) is 6.20 Å². The zero-order chi connectivity index (χ0) is 13.1. The van der Waals surface area contributed by atoms with E-state index in [-0.39, 0.29) is 11.1 Å². The first kappa shape index (κ1) is 12.7. The molecule has 0 aliphatic carbocycles. The lowest BCUT2D eigenvalue weighted by molar-refractivity contribution is 0.0692. The predicted molar refractivity (Wildman–Crippen MR) is 69.0 cm³/mol. The number of amides is 1. The van der Waals surface area contributed by atoms with Crippen LogP contribution >= 0.6 is 27.3 Å². The van der Waals surface area contributed by atoms with Gasteiger partial charge in [-0.25, -0.2) is 9.78 Å². The minimum atomic E-state index is -1.20. The molecule has 0 radical (unpaired) electrons. The number of thiazole rings is 1. The number of carboxylic acid groups (broad SMARTS) is 1. The van der Waals surface area contributed by atoms with Crippen molar-refractivity contribution in [3.8, 4) is 0 Å². The van der Waals surface area contributed by atoms with Crippen molar-refractivity contribution in [3.63, 3.8) is 0 Å². The van der Waals surface area contributed by atoms with Crippen molar-refractivity contribution in [2.24, 2.45) is 0 Å². The summed E-state index contributed by atoms with van der Waals surface area (Å²) >= 11 is 4.45. The Labute approximate surface area is 114 Å². The van der Waals surface area contributed by atoms with Gasteiger partial charge < -0.3 is 5.11 Å². The Kier molecular flexibility index (Phi) is 3.68. The van der Waals surface area contributed by atoms with Gasteiger partial charge in [-0.05, 0) is 22.0 Å². The summed E-state index contributed by atoms with van der Waals surface area (Å²) in [6.45, 7) is 0. The van der Waals surface area contributed by atoms with Crippen LogP contribution in [-0.2, 0) is 0 Å². The first-order valence-corrected chi connectivity index (χ1v) is 6.29. The van der Waals surface area contributed by atoms with Crippen molar-refractivity contribution in [1.82, 2.24) is 9.97 Å². The largest absolute Gasteiger partial charge is 0.478 e. The molecule has 0 unspecified atom stereocenters. The Bertz CT molecular complexity index is 614. The highest BCUT2D eigenvalue weighted by atomic mass is 79.9. The zero-order valence-corrected chi connectivity index (χ0v) is 11.2. The molecular formula is C10H6BrN3O3S. The van der Waals surface area contributed by atoms with Gasteiger partial charge in [0.25, 0.3) is 5.91 Å². The fourth-order valence-electron chi connectivity index (χ4n) is 1.24. The molecule has 0 aliphatic heterocycles. The van der Waals surface area contributed by atoms with Crippen LogP contribution in [0.3, 0.4) is 0 Å². The highest BCUT2D eigenvalue weighted by Crippen LogP contribution is 2.23. The van der Waals surface area contributed by atoms with Gasteiger partial charge in [-0.2, -0.15) is 0 Å². The maximum Gasteiger partial charge on any atom is 0.338 e. The smallest absolute Gasteiger partial charge is 0.338 e. The first-order chi connectivity index (χ1) is 8.58. The third-order valence-electron chi connectivity index (χ3n) is 1.99. The topological polar surface area (TPSA) is 92.2 Å². The van der Waals surface area contributed by atoms with Gasteiger partial charge in [0.2, 0.25) is 0 Å². The van der Waals surface area contributed by atoms with Gasteiger partial charge >= 0.3 is 5.97 Å². The molecule has 0 aromatic carbocycles. The maximum absolute atomic E-state index is 11.9. The standard InChI is InChI=1S/C10H6BrN3O3S/c11-7-4-13-10(18-7)14-8(15)5-1-2-12-3-6(5)9(16)17/h1-4H,(H,16,17)(H,13,14,15). The molecule has 2 rings (SSSR count). The molecule has 8 heteroatoms. The molecule has 0 aliphatic rings. The van der Waals surface area contributed by atoms with Crippen molar-refractivity contribution in [2.75, 3.05) is 5.32 Å². The Morgan fingerprint density at radius 1 is 1.33 bits per heavy atom. The monoisotopic (exact) mass is 327 g/mol. The van der Waals surface area contributed by atoms with E-state index in [4.69, 9.17) is 5.11 Å². The normalized spacial score (nSPS) is 10.1. The molecule has 0 saturated carbocycles. The third kappa shape index (κ3) is 2.71. The second kappa shape index (κ2) is 5.23. The van der Waals surface area contributed by atoms with Crippen LogP contribution in [0, 0.1) is 0 Å². The molecule has 0 saturated heterocycles. The fraction of sp³-hybridized carbons (Fsp3) is 0. The molecule has 92 valence electrons. The average Bonchev–Trinajstić information content (AvgIpc) is 2.74. The summed E-state index contributed by atoms with van der Waals surface area (Å²) in [7, 11) is 0. The van der Waals surface area contributed by atoms with E-state index in [1.165, 1.54) is 23.6 Å². The molecule has 18 heavy (non-hydrogen) atoms. The molecule has 1 amide bonds. The van der Waals surface area contributed by atoms with E-state index in [0.717, 1.165) is 9.98 Å². The summed E-state index contributed by atoms with van der Waals surface area (Å²) in [5.41, 5.74) is -0.102. The number of halogens is 1. The van der Waals surface area contributed by atoms with Crippen molar-refractivity contribution in [2.45, 2.75) is 0 Å². The number of pyridine rings is 1. The van der Waals surface area contributed by atoms with Crippen LogP contribution in [0.25, 0.3) is 0 Å². The minimum absolute atomic E-state index is 0.0452. The Balaban J connectivity index is 2.26. The molecule has 2 aromatic rings. The lowest BCUT2D eigenvalue weighted by Crippen LogP contribution is -2.16. The van der Waals surface area contributed by atoms with Gasteiger partial charge in [0.15, 0.2) is 5.13 Å². The van der Waals surface area contributed by atoms with Gasteiger partial charge in [0.05, 0.1) is 21.1 Å². The summed E-state index contributed by atoms with van der Waals surface area (Å²) in [5.74, 6) is -1.73. The number of nitrogens with zero attached hydrogens (tertiary/aromatic N) is 2. The summed E-state index contributed by atoms with van der Waals surface area (Å²) < 4.78 is 0.769. The molecule has 0 spiro atoms. The second-order valence-corrected chi connectivity index (χ2v) is 5.56. The average molecular weight is 328 g/mol. The fourth-order valence-corrected chi connectivity index (χ4v) is 2.34. The van der Waals surface area contributed by atoms with E-state index >= 15 is 0 Å². The molecule has 2 aromatic heterocycles. The van der Waals surface area contributed by atoms with Crippen LogP contribution in [0.4, 0.5) is 5.13 Å². The van der Waals surface area contributed by atoms with Gasteiger partial charge in [-0.3, -0.25) is 15.1 Å². The molecule has 0 fully saturated rings. The summed E-state index contributed by atoms with van der Waals surface area (Å²) in [6, 6.07) is 1.35. The highest BCUT2D eigenvalue weighted by Gasteiger charge is 2.17. The second-order valence-electron chi connectivity index (χ2n) is 3.15. The summed E-state index contributed by atoms with van der Waals surface area (Å²) in [5, 5.41) is 11.9. The van der Waals surface area contributed by atoms with E-state index in [9.17, 15) is 9.59 Å². The number of carboxylic acids is 1. The molecular weight excluding hydrogens is 322 g/mol. The van der Waals surface area contributed by atoms with Gasteiger partial charge in [-0.15, -0.1) is 0 Å². The SMILES string of the molecule is O=C(O)c1cnccc1C(=O)Nc1ncc(Br)s1. The van der Waals surface area contributed by atoms with Crippen LogP contribution in [0.2, 0.25) is 0 Å². The number of anilines is 1. The molecule has 2 heterocycles. The number of hydrogen-bond acceptors (Lipinski definition) is 5. The lowest BCUT2D eigenvalue weighted by Gasteiger charge is -2.04. The third-order valence-corrected chi connectivity index (χ3v) is 3.39. The van der Waals surface area contributed by atoms with Crippen molar-refractivity contribution < 1.29 is 14.7 Å². The van der Waals surface area contributed by atoms with Gasteiger partial charge in [-0.1, -0.05) is 11.3 Å². The van der Waals surface area contributed by atoms with Crippen molar-refractivity contribution >= 4 is 44.3 Å². The maximum atomic E-state index is 11.9. The van der Waals surface area contributed by atoms with Crippen LogP contribution in [-0.4, -0.2) is 27.0 Å².